The Bertz CT molecular complexity index is 858. The zero-order valence-corrected chi connectivity index (χ0v) is 12.5. The fourth-order valence-electron chi connectivity index (χ4n) is 2.17. The third-order valence-corrected chi connectivity index (χ3v) is 3.32. The van der Waals surface area contributed by atoms with Gasteiger partial charge in [0.2, 0.25) is 0 Å². The summed E-state index contributed by atoms with van der Waals surface area (Å²) in [5, 5.41) is 2.89. The number of carbonyl (C=O) groups is 1. The van der Waals surface area contributed by atoms with Crippen LogP contribution in [0.3, 0.4) is 0 Å². The van der Waals surface area contributed by atoms with Gasteiger partial charge >= 0.3 is 0 Å². The molecule has 0 bridgehead atoms. The molecule has 0 radical (unpaired) electrons. The van der Waals surface area contributed by atoms with Crippen molar-refractivity contribution in [1.29, 1.82) is 0 Å². The van der Waals surface area contributed by atoms with E-state index in [0.717, 1.165) is 11.3 Å². The quantitative estimate of drug-likeness (QED) is 0.700. The molecule has 0 aliphatic carbocycles. The summed E-state index contributed by atoms with van der Waals surface area (Å²) in [6.45, 7) is 0. The summed E-state index contributed by atoms with van der Waals surface area (Å²) < 4.78 is 0. The van der Waals surface area contributed by atoms with Crippen LogP contribution in [0.1, 0.15) is 21.5 Å². The van der Waals surface area contributed by atoms with Crippen molar-refractivity contribution in [2.24, 2.45) is 0 Å². The molecular weight excluding hydrogens is 282 g/mol. The summed E-state index contributed by atoms with van der Waals surface area (Å²) in [6, 6.07) is 26.5. The maximum Gasteiger partial charge on any atom is 0.256 e. The van der Waals surface area contributed by atoms with Gasteiger partial charge in [0.05, 0.1) is 5.56 Å². The number of amides is 1. The van der Waals surface area contributed by atoms with Crippen LogP contribution in [0.4, 0.5) is 5.69 Å². The minimum atomic E-state index is -0.158. The molecule has 3 aromatic carbocycles. The molecule has 23 heavy (non-hydrogen) atoms. The van der Waals surface area contributed by atoms with E-state index in [2.05, 4.69) is 17.2 Å². The van der Waals surface area contributed by atoms with Crippen LogP contribution in [-0.2, 0) is 0 Å². The molecule has 0 aromatic heterocycles. The number of hydrogen-bond acceptors (Lipinski definition) is 1. The molecule has 0 unspecified atom stereocenters. The molecule has 0 aliphatic rings. The van der Waals surface area contributed by atoms with Crippen molar-refractivity contribution < 1.29 is 4.79 Å². The molecule has 0 saturated carbocycles. The molecule has 2 nitrogen and oxygen atoms in total. The van der Waals surface area contributed by atoms with Crippen molar-refractivity contribution in [2.45, 2.75) is 0 Å². The van der Waals surface area contributed by atoms with Crippen LogP contribution in [0.15, 0.2) is 84.9 Å². The van der Waals surface area contributed by atoms with Crippen LogP contribution in [0, 0.1) is 11.8 Å². The average Bonchev–Trinajstić information content (AvgIpc) is 2.62. The van der Waals surface area contributed by atoms with E-state index in [9.17, 15) is 4.79 Å². The Hall–Kier alpha value is -3.31. The van der Waals surface area contributed by atoms with Crippen molar-refractivity contribution in [3.8, 4) is 11.8 Å². The average molecular weight is 297 g/mol. The van der Waals surface area contributed by atoms with E-state index in [1.807, 2.05) is 78.9 Å². The van der Waals surface area contributed by atoms with Crippen molar-refractivity contribution >= 4 is 11.6 Å². The summed E-state index contributed by atoms with van der Waals surface area (Å²) in [5.41, 5.74) is 2.97. The normalized spacial score (nSPS) is 9.57. The van der Waals surface area contributed by atoms with E-state index in [1.165, 1.54) is 0 Å². The van der Waals surface area contributed by atoms with Gasteiger partial charge in [-0.25, -0.2) is 0 Å². The van der Waals surface area contributed by atoms with Crippen LogP contribution in [0.25, 0.3) is 0 Å². The predicted molar refractivity (Wildman–Crippen MR) is 93.3 cm³/mol. The fourth-order valence-corrected chi connectivity index (χ4v) is 2.17. The zero-order valence-electron chi connectivity index (χ0n) is 12.5. The van der Waals surface area contributed by atoms with Gasteiger partial charge in [-0.15, -0.1) is 0 Å². The number of anilines is 1. The van der Waals surface area contributed by atoms with Crippen LogP contribution in [0.2, 0.25) is 0 Å². The fraction of sp³-hybridized carbons (Fsp3) is 0. The Kier molecular flexibility index (Phi) is 4.52. The SMILES string of the molecule is O=C(Nc1ccccc1)c1ccccc1C#Cc1ccccc1. The third-order valence-electron chi connectivity index (χ3n) is 3.32. The monoisotopic (exact) mass is 297 g/mol. The maximum atomic E-state index is 12.5. The second-order valence-electron chi connectivity index (χ2n) is 4.98. The molecule has 1 N–H and O–H groups in total. The summed E-state index contributed by atoms with van der Waals surface area (Å²) in [6.07, 6.45) is 0. The molecule has 110 valence electrons. The molecule has 0 saturated heterocycles. The number of nitrogens with one attached hydrogen (secondary N) is 1. The lowest BCUT2D eigenvalue weighted by Crippen LogP contribution is -2.13. The van der Waals surface area contributed by atoms with Gasteiger partial charge in [0.1, 0.15) is 0 Å². The minimum absolute atomic E-state index is 0.158. The molecule has 0 fully saturated rings. The van der Waals surface area contributed by atoms with Crippen molar-refractivity contribution in [3.63, 3.8) is 0 Å². The second-order valence-corrected chi connectivity index (χ2v) is 4.98. The highest BCUT2D eigenvalue weighted by atomic mass is 16.1. The predicted octanol–water partition coefficient (Wildman–Crippen LogP) is 4.34. The molecule has 0 spiro atoms. The molecule has 3 aromatic rings. The van der Waals surface area contributed by atoms with Gasteiger partial charge in [-0.2, -0.15) is 0 Å². The number of para-hydroxylation sites is 1. The van der Waals surface area contributed by atoms with Crippen LogP contribution in [-0.4, -0.2) is 5.91 Å². The lowest BCUT2D eigenvalue weighted by atomic mass is 10.1. The first-order valence-corrected chi connectivity index (χ1v) is 7.35. The Balaban J connectivity index is 1.86. The van der Waals surface area contributed by atoms with Gasteiger partial charge in [-0.05, 0) is 36.4 Å². The van der Waals surface area contributed by atoms with E-state index in [4.69, 9.17) is 0 Å². The summed E-state index contributed by atoms with van der Waals surface area (Å²) in [7, 11) is 0. The Morgan fingerprint density at radius 1 is 0.696 bits per heavy atom. The van der Waals surface area contributed by atoms with E-state index in [-0.39, 0.29) is 5.91 Å². The van der Waals surface area contributed by atoms with Gasteiger partial charge in [-0.1, -0.05) is 60.4 Å². The molecule has 2 heteroatoms. The van der Waals surface area contributed by atoms with Crippen LogP contribution >= 0.6 is 0 Å². The summed E-state index contributed by atoms with van der Waals surface area (Å²) in [4.78, 5) is 12.5. The molecule has 1 amide bonds. The lowest BCUT2D eigenvalue weighted by Gasteiger charge is -2.06. The molecule has 3 rings (SSSR count). The topological polar surface area (TPSA) is 29.1 Å². The standard InChI is InChI=1S/C21H15NO/c23-21(22-19-12-5-2-6-13-19)20-14-8-7-11-18(20)16-15-17-9-3-1-4-10-17/h1-14H,(H,22,23). The lowest BCUT2D eigenvalue weighted by molar-refractivity contribution is 0.102. The van der Waals surface area contributed by atoms with Gasteiger partial charge in [0, 0.05) is 16.8 Å². The minimum Gasteiger partial charge on any atom is -0.322 e. The van der Waals surface area contributed by atoms with Gasteiger partial charge in [0.25, 0.3) is 5.91 Å². The first-order chi connectivity index (χ1) is 11.3. The highest BCUT2D eigenvalue weighted by Gasteiger charge is 2.09. The summed E-state index contributed by atoms with van der Waals surface area (Å²) in [5.74, 6) is 6.02. The molecular formula is C21H15NO. The highest BCUT2D eigenvalue weighted by molar-refractivity contribution is 6.06. The van der Waals surface area contributed by atoms with E-state index in [1.54, 1.807) is 6.07 Å². The maximum absolute atomic E-state index is 12.5. The van der Waals surface area contributed by atoms with Crippen LogP contribution in [0.5, 0.6) is 0 Å². The van der Waals surface area contributed by atoms with Gasteiger partial charge in [-0.3, -0.25) is 4.79 Å². The van der Waals surface area contributed by atoms with Gasteiger partial charge < -0.3 is 5.32 Å². The first kappa shape index (κ1) is 14.6. The van der Waals surface area contributed by atoms with Crippen molar-refractivity contribution in [3.05, 3.63) is 102 Å². The number of hydrogen-bond donors (Lipinski definition) is 1. The zero-order chi connectivity index (χ0) is 15.9. The van der Waals surface area contributed by atoms with E-state index >= 15 is 0 Å². The number of benzene rings is 3. The van der Waals surface area contributed by atoms with E-state index < -0.39 is 0 Å². The second kappa shape index (κ2) is 7.11. The van der Waals surface area contributed by atoms with Crippen molar-refractivity contribution in [1.82, 2.24) is 0 Å². The number of rotatable bonds is 2. The Morgan fingerprint density at radius 2 is 1.30 bits per heavy atom. The Morgan fingerprint density at radius 3 is 2.04 bits per heavy atom. The largest absolute Gasteiger partial charge is 0.322 e. The van der Waals surface area contributed by atoms with Crippen molar-refractivity contribution in [2.75, 3.05) is 5.32 Å². The molecule has 0 heterocycles. The smallest absolute Gasteiger partial charge is 0.256 e. The molecule has 0 aliphatic heterocycles. The highest BCUT2D eigenvalue weighted by Crippen LogP contribution is 2.12. The summed E-state index contributed by atoms with van der Waals surface area (Å²) >= 11 is 0. The first-order valence-electron chi connectivity index (χ1n) is 7.35. The van der Waals surface area contributed by atoms with Gasteiger partial charge in [0.15, 0.2) is 0 Å². The molecule has 0 atom stereocenters. The van der Waals surface area contributed by atoms with Crippen LogP contribution < -0.4 is 5.32 Å². The van der Waals surface area contributed by atoms with E-state index in [0.29, 0.717) is 11.1 Å². The third kappa shape index (κ3) is 3.87. The number of carbonyl (C=O) groups excluding carboxylic acids is 1. The Labute approximate surface area is 135 Å².